The number of carbonyl (C=O) groups is 1. The first kappa shape index (κ1) is 13.1. The Morgan fingerprint density at radius 3 is 2.00 bits per heavy atom. The van der Waals surface area contributed by atoms with Gasteiger partial charge in [0.2, 0.25) is 0 Å². The maximum absolute atomic E-state index is 12.0. The second kappa shape index (κ2) is 5.11. The minimum atomic E-state index is -2.73. The Bertz CT molecular complexity index is 192. The largest absolute Gasteiger partial charge is 0.481 e. The van der Waals surface area contributed by atoms with Crippen LogP contribution in [0, 0.1) is 0 Å². The summed E-state index contributed by atoms with van der Waals surface area (Å²) in [6.07, 6.45) is -1.31. The van der Waals surface area contributed by atoms with Crippen molar-refractivity contribution < 1.29 is 27.8 Å². The monoisotopic (exact) mass is 218 g/mol. The molecule has 84 valence electrons. The number of hydrogen-bond acceptors (Lipinski definition) is 3. The summed E-state index contributed by atoms with van der Waals surface area (Å²) in [5.74, 6) is -1.21. The summed E-state index contributed by atoms with van der Waals surface area (Å²) in [4.78, 5) is 10.0. The van der Waals surface area contributed by atoms with Crippen molar-refractivity contribution in [2.24, 2.45) is 0 Å². The van der Waals surface area contributed by atoms with Gasteiger partial charge >= 0.3 is 5.97 Å². The van der Waals surface area contributed by atoms with E-state index in [1.165, 1.54) is 0 Å². The Labute approximate surface area is 77.4 Å². The van der Waals surface area contributed by atoms with Gasteiger partial charge in [-0.05, 0) is 19.8 Å². The molecule has 0 aromatic carbocycles. The first-order chi connectivity index (χ1) is 6.30. The Morgan fingerprint density at radius 2 is 1.71 bits per heavy atom. The fourth-order valence-corrected chi connectivity index (χ4v) is 0.801. The zero-order valence-electron chi connectivity index (χ0n) is 7.38. The van der Waals surface area contributed by atoms with Crippen molar-refractivity contribution >= 4 is 5.97 Å². The van der Waals surface area contributed by atoms with E-state index in [0.29, 0.717) is 6.92 Å². The van der Waals surface area contributed by atoms with Gasteiger partial charge in [0.25, 0.3) is 0 Å². The van der Waals surface area contributed by atoms with E-state index in [2.05, 4.69) is 0 Å². The normalized spacial score (nSPS) is 12.5. The second-order valence-corrected chi connectivity index (χ2v) is 2.93. The number of carboxylic acid groups (broad SMARTS) is 1. The predicted octanol–water partition coefficient (Wildman–Crippen LogP) is 2.10. The van der Waals surface area contributed by atoms with E-state index in [9.17, 15) is 22.7 Å². The number of aliphatic carboxylic acids is 1. The lowest BCUT2D eigenvalue weighted by atomic mass is 10.1. The Balaban J connectivity index is 4.17. The van der Waals surface area contributed by atoms with Crippen molar-refractivity contribution in [2.75, 3.05) is 0 Å². The third-order valence-corrected chi connectivity index (χ3v) is 1.77. The molecule has 0 amide bonds. The van der Waals surface area contributed by atoms with E-state index >= 15 is 0 Å². The van der Waals surface area contributed by atoms with Crippen LogP contribution in [0.3, 0.4) is 0 Å². The molecule has 0 spiro atoms. The fourth-order valence-electron chi connectivity index (χ4n) is 0.801. The molecular formula is C6H10F4N2O2. The molecule has 0 rings (SSSR count). The van der Waals surface area contributed by atoms with Crippen LogP contribution < -0.4 is 0 Å². The molecule has 1 N–H and O–H groups in total. The average Bonchev–Trinajstić information content (AvgIpc) is 2.02. The summed E-state index contributed by atoms with van der Waals surface area (Å²) in [7, 11) is 0. The molecule has 0 aliphatic rings. The SMILES string of the molecule is CC(CCCC(=O)O)(N(F)F)N(F)F. The molecule has 0 bridgehead atoms. The van der Waals surface area contributed by atoms with E-state index in [1.54, 1.807) is 0 Å². The van der Waals surface area contributed by atoms with Crippen molar-refractivity contribution in [3.8, 4) is 0 Å². The molecule has 0 saturated carbocycles. The molecular weight excluding hydrogens is 208 g/mol. The summed E-state index contributed by atoms with van der Waals surface area (Å²) in [6.45, 7) is 0.620. The number of carboxylic acids is 1. The first-order valence-electron chi connectivity index (χ1n) is 3.76. The zero-order valence-corrected chi connectivity index (χ0v) is 7.38. The van der Waals surface area contributed by atoms with Crippen LogP contribution in [0.4, 0.5) is 17.9 Å². The summed E-state index contributed by atoms with van der Waals surface area (Å²) in [5, 5.41) is 4.93. The smallest absolute Gasteiger partial charge is 0.303 e. The molecule has 0 saturated heterocycles. The molecule has 8 heteroatoms. The lowest BCUT2D eigenvalue weighted by Crippen LogP contribution is -2.45. The predicted molar refractivity (Wildman–Crippen MR) is 38.0 cm³/mol. The molecule has 0 atom stereocenters. The molecule has 0 aliphatic heterocycles. The summed E-state index contributed by atoms with van der Waals surface area (Å²) < 4.78 is 48.1. The molecule has 0 heterocycles. The molecule has 0 unspecified atom stereocenters. The Kier molecular flexibility index (Phi) is 4.78. The Hall–Kier alpha value is -0.890. The van der Waals surface area contributed by atoms with Crippen LogP contribution in [0.5, 0.6) is 0 Å². The van der Waals surface area contributed by atoms with Crippen LogP contribution in [0.2, 0.25) is 0 Å². The van der Waals surface area contributed by atoms with E-state index in [1.807, 2.05) is 0 Å². The van der Waals surface area contributed by atoms with Crippen molar-refractivity contribution in [1.82, 2.24) is 10.7 Å². The summed E-state index contributed by atoms with van der Waals surface area (Å²) >= 11 is 0. The lowest BCUT2D eigenvalue weighted by molar-refractivity contribution is -0.367. The van der Waals surface area contributed by atoms with Crippen molar-refractivity contribution in [3.63, 3.8) is 0 Å². The molecule has 0 aliphatic carbocycles. The molecule has 0 aromatic heterocycles. The van der Waals surface area contributed by atoms with Gasteiger partial charge in [0.1, 0.15) is 0 Å². The summed E-state index contributed by atoms with van der Waals surface area (Å²) in [6, 6.07) is 0. The van der Waals surface area contributed by atoms with Gasteiger partial charge in [-0.25, -0.2) is 0 Å². The van der Waals surface area contributed by atoms with Crippen molar-refractivity contribution in [3.05, 3.63) is 0 Å². The van der Waals surface area contributed by atoms with Gasteiger partial charge in [0, 0.05) is 17.1 Å². The highest BCUT2D eigenvalue weighted by atomic mass is 19.4. The minimum Gasteiger partial charge on any atom is -0.481 e. The second-order valence-electron chi connectivity index (χ2n) is 2.93. The van der Waals surface area contributed by atoms with Gasteiger partial charge in [-0.1, -0.05) is 17.9 Å². The molecule has 0 aromatic rings. The maximum Gasteiger partial charge on any atom is 0.303 e. The summed E-state index contributed by atoms with van der Waals surface area (Å²) in [5.41, 5.74) is -2.73. The van der Waals surface area contributed by atoms with Gasteiger partial charge in [-0.3, -0.25) is 4.79 Å². The zero-order chi connectivity index (χ0) is 11.4. The lowest BCUT2D eigenvalue weighted by Gasteiger charge is -2.27. The highest BCUT2D eigenvalue weighted by Gasteiger charge is 2.42. The first-order valence-corrected chi connectivity index (χ1v) is 3.76. The minimum absolute atomic E-state index is 0.249. The van der Waals surface area contributed by atoms with Crippen LogP contribution in [0.25, 0.3) is 0 Å². The van der Waals surface area contributed by atoms with Crippen LogP contribution in [-0.2, 0) is 4.79 Å². The standard InChI is InChI=1S/C6H10F4N2O2/c1-6(11(7)8,12(9)10)4-2-3-5(13)14/h2-4H2,1H3,(H,13,14). The quantitative estimate of drug-likeness (QED) is 0.421. The number of nitrogens with zero attached hydrogens (tertiary/aromatic N) is 2. The number of hydrogen-bond donors (Lipinski definition) is 1. The van der Waals surface area contributed by atoms with Crippen LogP contribution in [0.1, 0.15) is 26.2 Å². The highest BCUT2D eigenvalue weighted by Crippen LogP contribution is 2.28. The third-order valence-electron chi connectivity index (χ3n) is 1.77. The van der Waals surface area contributed by atoms with Gasteiger partial charge in [-0.15, -0.1) is 0 Å². The van der Waals surface area contributed by atoms with Crippen LogP contribution in [0.15, 0.2) is 0 Å². The molecule has 0 fully saturated rings. The topological polar surface area (TPSA) is 43.8 Å². The van der Waals surface area contributed by atoms with E-state index in [0.717, 1.165) is 0 Å². The van der Waals surface area contributed by atoms with Crippen LogP contribution in [-0.4, -0.2) is 27.4 Å². The fraction of sp³-hybridized carbons (Fsp3) is 0.833. The van der Waals surface area contributed by atoms with Crippen molar-refractivity contribution in [2.45, 2.75) is 31.8 Å². The van der Waals surface area contributed by atoms with E-state index in [4.69, 9.17) is 5.11 Å². The van der Waals surface area contributed by atoms with Gasteiger partial charge in [0.15, 0.2) is 5.66 Å². The van der Waals surface area contributed by atoms with Gasteiger partial charge in [-0.2, -0.15) is 0 Å². The molecule has 14 heavy (non-hydrogen) atoms. The third kappa shape index (κ3) is 3.46. The van der Waals surface area contributed by atoms with E-state index in [-0.39, 0.29) is 6.42 Å². The molecule has 0 radical (unpaired) electrons. The van der Waals surface area contributed by atoms with Gasteiger partial charge < -0.3 is 5.11 Å². The van der Waals surface area contributed by atoms with Gasteiger partial charge in [0.05, 0.1) is 0 Å². The Morgan fingerprint density at radius 1 is 1.29 bits per heavy atom. The number of halogens is 4. The van der Waals surface area contributed by atoms with Crippen molar-refractivity contribution in [1.29, 1.82) is 0 Å². The van der Waals surface area contributed by atoms with Crippen LogP contribution >= 0.6 is 0 Å². The molecule has 4 nitrogen and oxygen atoms in total. The van der Waals surface area contributed by atoms with E-state index < -0.39 is 35.2 Å². The maximum atomic E-state index is 12.0. The highest BCUT2D eigenvalue weighted by molar-refractivity contribution is 5.66. The number of rotatable bonds is 6. The average molecular weight is 218 g/mol.